The van der Waals surface area contributed by atoms with Crippen LogP contribution < -0.4 is 10.6 Å². The lowest BCUT2D eigenvalue weighted by molar-refractivity contribution is 0.475. The standard InChI is InChI=1S/C26H23O2P/c27-22-15-11-20(12-16-22)26(21-13-17-23(28)18-14-21)19-29(24-7-3-1-4-8-24)25-9-5-2-6-10-25/h1-18,26-28H,19H2. The minimum Gasteiger partial charge on any atom is -0.508 e. The average molecular weight is 398 g/mol. The monoisotopic (exact) mass is 398 g/mol. The van der Waals surface area contributed by atoms with Crippen LogP contribution >= 0.6 is 7.92 Å². The van der Waals surface area contributed by atoms with Gasteiger partial charge >= 0.3 is 0 Å². The van der Waals surface area contributed by atoms with Crippen LogP contribution in [0.3, 0.4) is 0 Å². The lowest BCUT2D eigenvalue weighted by Gasteiger charge is -2.26. The molecule has 0 spiro atoms. The van der Waals surface area contributed by atoms with Crippen molar-refractivity contribution >= 4 is 18.5 Å². The Hall–Kier alpha value is -3.09. The molecule has 0 aliphatic rings. The molecule has 0 aliphatic carbocycles. The van der Waals surface area contributed by atoms with E-state index in [9.17, 15) is 10.2 Å². The summed E-state index contributed by atoms with van der Waals surface area (Å²) >= 11 is 0. The first kappa shape index (κ1) is 19.2. The van der Waals surface area contributed by atoms with Crippen LogP contribution in [0.25, 0.3) is 0 Å². The molecule has 2 nitrogen and oxygen atoms in total. The molecule has 4 rings (SSSR count). The zero-order chi connectivity index (χ0) is 20.1. The fourth-order valence-electron chi connectivity index (χ4n) is 3.57. The summed E-state index contributed by atoms with van der Waals surface area (Å²) in [5.74, 6) is 0.695. The number of benzene rings is 4. The number of phenolic OH excluding ortho intramolecular Hbond substituents is 2. The number of hydrogen-bond donors (Lipinski definition) is 2. The molecule has 0 fully saturated rings. The smallest absolute Gasteiger partial charge is 0.115 e. The van der Waals surface area contributed by atoms with Gasteiger partial charge in [0.05, 0.1) is 0 Å². The molecule has 0 radical (unpaired) electrons. The Morgan fingerprint density at radius 2 is 0.897 bits per heavy atom. The first-order chi connectivity index (χ1) is 14.2. The van der Waals surface area contributed by atoms with Crippen molar-refractivity contribution in [2.24, 2.45) is 0 Å². The second kappa shape index (κ2) is 8.94. The van der Waals surface area contributed by atoms with E-state index < -0.39 is 7.92 Å². The van der Waals surface area contributed by atoms with Gasteiger partial charge in [-0.15, -0.1) is 0 Å². The number of hydrogen-bond acceptors (Lipinski definition) is 2. The second-order valence-corrected chi connectivity index (χ2v) is 9.27. The van der Waals surface area contributed by atoms with Crippen LogP contribution in [0.4, 0.5) is 0 Å². The maximum atomic E-state index is 9.75. The van der Waals surface area contributed by atoms with Gasteiger partial charge < -0.3 is 10.2 Å². The molecular formula is C26H23O2P. The average Bonchev–Trinajstić information content (AvgIpc) is 2.77. The summed E-state index contributed by atoms with van der Waals surface area (Å²) < 4.78 is 0. The van der Waals surface area contributed by atoms with Crippen LogP contribution in [-0.2, 0) is 0 Å². The van der Waals surface area contributed by atoms with Gasteiger partial charge in [0.2, 0.25) is 0 Å². The van der Waals surface area contributed by atoms with Crippen LogP contribution in [0, 0.1) is 0 Å². The van der Waals surface area contributed by atoms with Crippen molar-refractivity contribution in [3.8, 4) is 11.5 Å². The van der Waals surface area contributed by atoms with Crippen LogP contribution in [0.5, 0.6) is 11.5 Å². The molecule has 0 bridgehead atoms. The molecule has 0 aromatic heterocycles. The molecule has 0 atom stereocenters. The largest absolute Gasteiger partial charge is 0.508 e. The minimum absolute atomic E-state index is 0.155. The van der Waals surface area contributed by atoms with Crippen molar-refractivity contribution < 1.29 is 10.2 Å². The van der Waals surface area contributed by atoms with Crippen molar-refractivity contribution in [2.45, 2.75) is 5.92 Å². The van der Waals surface area contributed by atoms with E-state index in [0.29, 0.717) is 0 Å². The van der Waals surface area contributed by atoms with E-state index in [1.165, 1.54) is 10.6 Å². The Morgan fingerprint density at radius 1 is 0.517 bits per heavy atom. The third kappa shape index (κ3) is 4.67. The van der Waals surface area contributed by atoms with Gasteiger partial charge in [-0.1, -0.05) is 84.9 Å². The van der Waals surface area contributed by atoms with Crippen LogP contribution in [0.15, 0.2) is 109 Å². The molecule has 3 heteroatoms. The minimum atomic E-state index is -0.578. The molecule has 2 N–H and O–H groups in total. The molecule has 0 saturated carbocycles. The first-order valence-corrected chi connectivity index (χ1v) is 11.2. The van der Waals surface area contributed by atoms with E-state index in [0.717, 1.165) is 17.3 Å². The fourth-order valence-corrected chi connectivity index (χ4v) is 6.15. The second-order valence-electron chi connectivity index (χ2n) is 7.02. The molecule has 0 unspecified atom stereocenters. The Balaban J connectivity index is 1.78. The number of aromatic hydroxyl groups is 2. The van der Waals surface area contributed by atoms with Crippen LogP contribution in [-0.4, -0.2) is 16.4 Å². The van der Waals surface area contributed by atoms with Gasteiger partial charge in [-0.3, -0.25) is 0 Å². The van der Waals surface area contributed by atoms with E-state index in [1.54, 1.807) is 24.3 Å². The van der Waals surface area contributed by atoms with Crippen LogP contribution in [0.2, 0.25) is 0 Å². The summed E-state index contributed by atoms with van der Waals surface area (Å²) in [6.07, 6.45) is 0.943. The third-order valence-corrected chi connectivity index (χ3v) is 7.67. The van der Waals surface area contributed by atoms with Gasteiger partial charge in [0.1, 0.15) is 11.5 Å². The topological polar surface area (TPSA) is 40.5 Å². The molecule has 0 saturated heterocycles. The summed E-state index contributed by atoms with van der Waals surface area (Å²) in [6, 6.07) is 36.3. The molecule has 144 valence electrons. The molecule has 0 amide bonds. The predicted octanol–water partition coefficient (Wildman–Crippen LogP) is 5.36. The molecule has 0 aliphatic heterocycles. The van der Waals surface area contributed by atoms with Crippen molar-refractivity contribution in [1.82, 2.24) is 0 Å². The molecule has 29 heavy (non-hydrogen) atoms. The fraction of sp³-hybridized carbons (Fsp3) is 0.0769. The highest BCUT2D eigenvalue weighted by Crippen LogP contribution is 2.42. The van der Waals surface area contributed by atoms with E-state index in [-0.39, 0.29) is 17.4 Å². The Morgan fingerprint density at radius 3 is 1.28 bits per heavy atom. The maximum Gasteiger partial charge on any atom is 0.115 e. The van der Waals surface area contributed by atoms with Gasteiger partial charge in [0.15, 0.2) is 0 Å². The highest BCUT2D eigenvalue weighted by atomic mass is 31.1. The number of rotatable bonds is 6. The van der Waals surface area contributed by atoms with E-state index in [1.807, 2.05) is 24.3 Å². The van der Waals surface area contributed by atoms with E-state index in [4.69, 9.17) is 0 Å². The predicted molar refractivity (Wildman–Crippen MR) is 122 cm³/mol. The van der Waals surface area contributed by atoms with Crippen molar-refractivity contribution in [3.05, 3.63) is 120 Å². The van der Waals surface area contributed by atoms with Gasteiger partial charge in [-0.25, -0.2) is 0 Å². The molecular weight excluding hydrogens is 375 g/mol. The highest BCUT2D eigenvalue weighted by Gasteiger charge is 2.22. The van der Waals surface area contributed by atoms with Crippen molar-refractivity contribution in [3.63, 3.8) is 0 Å². The zero-order valence-electron chi connectivity index (χ0n) is 16.0. The molecule has 0 heterocycles. The number of phenols is 2. The van der Waals surface area contributed by atoms with Crippen molar-refractivity contribution in [1.29, 1.82) is 0 Å². The maximum absolute atomic E-state index is 9.75. The lowest BCUT2D eigenvalue weighted by Crippen LogP contribution is -2.18. The summed E-state index contributed by atoms with van der Waals surface area (Å²) in [5, 5.41) is 22.2. The van der Waals surface area contributed by atoms with Gasteiger partial charge in [-0.05, 0) is 60.1 Å². The van der Waals surface area contributed by atoms with Gasteiger partial charge in [0.25, 0.3) is 0 Å². The third-order valence-electron chi connectivity index (χ3n) is 5.09. The van der Waals surface area contributed by atoms with Gasteiger partial charge in [-0.2, -0.15) is 0 Å². The van der Waals surface area contributed by atoms with E-state index in [2.05, 4.69) is 60.7 Å². The summed E-state index contributed by atoms with van der Waals surface area (Å²) in [7, 11) is -0.578. The zero-order valence-corrected chi connectivity index (χ0v) is 16.9. The SMILES string of the molecule is Oc1ccc(C(CP(c2ccccc2)c2ccccc2)c2ccc(O)cc2)cc1. The lowest BCUT2D eigenvalue weighted by atomic mass is 9.93. The Kier molecular flexibility index (Phi) is 5.93. The van der Waals surface area contributed by atoms with Crippen LogP contribution in [0.1, 0.15) is 17.0 Å². The van der Waals surface area contributed by atoms with E-state index >= 15 is 0 Å². The quantitative estimate of drug-likeness (QED) is 0.429. The Labute approximate surface area is 172 Å². The normalized spacial score (nSPS) is 11.1. The van der Waals surface area contributed by atoms with Gasteiger partial charge in [0, 0.05) is 5.92 Å². The van der Waals surface area contributed by atoms with Crippen molar-refractivity contribution in [2.75, 3.05) is 6.16 Å². The Bertz CT molecular complexity index is 945. The highest BCUT2D eigenvalue weighted by molar-refractivity contribution is 7.73. The molecule has 4 aromatic rings. The first-order valence-electron chi connectivity index (χ1n) is 9.66. The summed E-state index contributed by atoms with van der Waals surface area (Å²) in [6.45, 7) is 0. The summed E-state index contributed by atoms with van der Waals surface area (Å²) in [5.41, 5.74) is 2.32. The molecule has 4 aromatic carbocycles. The summed E-state index contributed by atoms with van der Waals surface area (Å²) in [4.78, 5) is 0.